The minimum Gasteiger partial charge on any atom is -0.476 e. The zero-order valence-electron chi connectivity index (χ0n) is 7.75. The molecule has 82 valence electrons. The summed E-state index contributed by atoms with van der Waals surface area (Å²) in [6.07, 6.45) is 2.74. The van der Waals surface area contributed by atoms with Gasteiger partial charge in [-0.1, -0.05) is 0 Å². The molecule has 5 nitrogen and oxygen atoms in total. The summed E-state index contributed by atoms with van der Waals surface area (Å²) < 4.78 is 5.85. The van der Waals surface area contributed by atoms with Crippen LogP contribution in [0.1, 0.15) is 10.5 Å². The van der Waals surface area contributed by atoms with Crippen LogP contribution in [0.15, 0.2) is 43.7 Å². The molecule has 0 saturated heterocycles. The van der Waals surface area contributed by atoms with E-state index in [0.717, 1.165) is 22.5 Å². The van der Waals surface area contributed by atoms with Gasteiger partial charge in [0.25, 0.3) is 5.22 Å². The first-order valence-electron chi connectivity index (χ1n) is 4.13. The lowest BCUT2D eigenvalue weighted by atomic mass is 10.5. The zero-order chi connectivity index (χ0) is 11.5. The minimum atomic E-state index is -1.11. The molecular weight excluding hydrogens is 296 g/mol. The summed E-state index contributed by atoms with van der Waals surface area (Å²) in [7, 11) is 0. The molecule has 2 aromatic heterocycles. The number of carbonyl (C=O) groups is 1. The molecule has 1 N–H and O–H groups in total. The molecule has 0 aromatic carbocycles. The Morgan fingerprint density at radius 3 is 2.88 bits per heavy atom. The van der Waals surface area contributed by atoms with Crippen LogP contribution in [-0.2, 0) is 0 Å². The Morgan fingerprint density at radius 1 is 1.50 bits per heavy atom. The molecule has 7 heteroatoms. The van der Waals surface area contributed by atoms with Crippen molar-refractivity contribution in [3.63, 3.8) is 0 Å². The van der Waals surface area contributed by atoms with Gasteiger partial charge < -0.3 is 9.52 Å². The van der Waals surface area contributed by atoms with Crippen LogP contribution in [0.3, 0.4) is 0 Å². The van der Waals surface area contributed by atoms with Gasteiger partial charge in [0.2, 0.25) is 0 Å². The van der Waals surface area contributed by atoms with E-state index in [9.17, 15) is 4.79 Å². The van der Waals surface area contributed by atoms with Crippen molar-refractivity contribution in [2.45, 2.75) is 10.2 Å². The Balaban J connectivity index is 2.14. The van der Waals surface area contributed by atoms with Crippen molar-refractivity contribution < 1.29 is 14.3 Å². The van der Waals surface area contributed by atoms with Crippen LogP contribution in [0.2, 0.25) is 0 Å². The molecule has 0 aliphatic carbocycles. The summed E-state index contributed by atoms with van der Waals surface area (Å²) in [5.74, 6) is -1.11. The molecule has 0 atom stereocenters. The number of carboxylic acids is 1. The predicted octanol–water partition coefficient (Wildman–Crippen LogP) is 2.68. The van der Waals surface area contributed by atoms with Crippen LogP contribution in [-0.4, -0.2) is 21.0 Å². The molecule has 0 radical (unpaired) electrons. The first-order valence-corrected chi connectivity index (χ1v) is 5.74. The van der Waals surface area contributed by atoms with E-state index in [2.05, 4.69) is 25.9 Å². The number of aromatic carboxylic acids is 1. The molecule has 0 amide bonds. The van der Waals surface area contributed by atoms with Crippen molar-refractivity contribution in [1.82, 2.24) is 9.97 Å². The molecule has 0 unspecified atom stereocenters. The molecule has 0 fully saturated rings. The van der Waals surface area contributed by atoms with E-state index in [1.165, 1.54) is 0 Å². The van der Waals surface area contributed by atoms with Gasteiger partial charge in [-0.25, -0.2) is 9.78 Å². The van der Waals surface area contributed by atoms with Crippen LogP contribution in [0, 0.1) is 0 Å². The van der Waals surface area contributed by atoms with E-state index in [4.69, 9.17) is 9.52 Å². The Bertz CT molecular complexity index is 512. The average molecular weight is 301 g/mol. The fourth-order valence-corrected chi connectivity index (χ4v) is 1.81. The molecule has 0 spiro atoms. The van der Waals surface area contributed by atoms with Gasteiger partial charge in [0.05, 0.1) is 0 Å². The SMILES string of the molecule is O=C(O)c1coc(Sc2ccc(Br)cn2)n1. The van der Waals surface area contributed by atoms with Gasteiger partial charge in [-0.2, -0.15) is 4.98 Å². The van der Waals surface area contributed by atoms with Crippen LogP contribution in [0.25, 0.3) is 0 Å². The zero-order valence-corrected chi connectivity index (χ0v) is 10.2. The minimum absolute atomic E-state index is 0.111. The number of nitrogens with zero attached hydrogens (tertiary/aromatic N) is 2. The number of halogens is 1. The normalized spacial score (nSPS) is 10.3. The van der Waals surface area contributed by atoms with Crippen LogP contribution in [0.4, 0.5) is 0 Å². The summed E-state index contributed by atoms with van der Waals surface area (Å²) in [4.78, 5) is 18.4. The maximum Gasteiger partial charge on any atom is 0.357 e. The molecule has 0 aliphatic rings. The predicted molar refractivity (Wildman–Crippen MR) is 59.5 cm³/mol. The van der Waals surface area contributed by atoms with Gasteiger partial charge in [-0.3, -0.25) is 0 Å². The van der Waals surface area contributed by atoms with Crippen LogP contribution in [0.5, 0.6) is 0 Å². The monoisotopic (exact) mass is 300 g/mol. The molecule has 0 saturated carbocycles. The number of aromatic nitrogens is 2. The van der Waals surface area contributed by atoms with Gasteiger partial charge in [0, 0.05) is 10.7 Å². The van der Waals surface area contributed by atoms with E-state index in [-0.39, 0.29) is 10.9 Å². The molecule has 16 heavy (non-hydrogen) atoms. The standard InChI is InChI=1S/C9H5BrN2O3S/c10-5-1-2-7(11-3-5)16-9-12-6(4-15-9)8(13)14/h1-4H,(H,13,14). The van der Waals surface area contributed by atoms with Crippen molar-refractivity contribution >= 4 is 33.7 Å². The van der Waals surface area contributed by atoms with Gasteiger partial charge in [-0.05, 0) is 39.8 Å². The van der Waals surface area contributed by atoms with Crippen molar-refractivity contribution in [3.05, 3.63) is 34.8 Å². The molecule has 2 rings (SSSR count). The summed E-state index contributed by atoms with van der Waals surface area (Å²) in [6.45, 7) is 0. The van der Waals surface area contributed by atoms with Crippen molar-refractivity contribution in [2.75, 3.05) is 0 Å². The van der Waals surface area contributed by atoms with E-state index >= 15 is 0 Å². The van der Waals surface area contributed by atoms with Crippen LogP contribution < -0.4 is 0 Å². The Hall–Kier alpha value is -1.34. The largest absolute Gasteiger partial charge is 0.476 e. The Kier molecular flexibility index (Phi) is 3.25. The van der Waals surface area contributed by atoms with Gasteiger partial charge in [-0.15, -0.1) is 0 Å². The highest BCUT2D eigenvalue weighted by Crippen LogP contribution is 2.25. The maximum absolute atomic E-state index is 10.6. The fraction of sp³-hybridized carbons (Fsp3) is 0. The molecule has 2 aromatic rings. The maximum atomic E-state index is 10.6. The van der Waals surface area contributed by atoms with Gasteiger partial charge >= 0.3 is 5.97 Å². The van der Waals surface area contributed by atoms with E-state index < -0.39 is 5.97 Å². The molecule has 0 aliphatic heterocycles. The van der Waals surface area contributed by atoms with Crippen molar-refractivity contribution in [1.29, 1.82) is 0 Å². The Morgan fingerprint density at radius 2 is 2.31 bits per heavy atom. The highest BCUT2D eigenvalue weighted by molar-refractivity contribution is 9.10. The second kappa shape index (κ2) is 4.67. The summed E-state index contributed by atoms with van der Waals surface area (Å²) in [5, 5.41) is 9.59. The number of carboxylic acid groups (broad SMARTS) is 1. The lowest BCUT2D eigenvalue weighted by Crippen LogP contribution is -1.95. The second-order valence-corrected chi connectivity index (χ2v) is 4.61. The fourth-order valence-electron chi connectivity index (χ4n) is 0.914. The molecule has 0 bridgehead atoms. The summed E-state index contributed by atoms with van der Waals surface area (Å²) >= 11 is 4.43. The first-order chi connectivity index (χ1) is 7.65. The van der Waals surface area contributed by atoms with Gasteiger partial charge in [0.1, 0.15) is 11.3 Å². The smallest absolute Gasteiger partial charge is 0.357 e. The lowest BCUT2D eigenvalue weighted by Gasteiger charge is -1.94. The summed E-state index contributed by atoms with van der Waals surface area (Å²) in [5.41, 5.74) is -0.111. The van der Waals surface area contributed by atoms with Crippen molar-refractivity contribution in [3.8, 4) is 0 Å². The van der Waals surface area contributed by atoms with Crippen molar-refractivity contribution in [2.24, 2.45) is 0 Å². The third kappa shape index (κ3) is 2.61. The first kappa shape index (κ1) is 11.2. The van der Waals surface area contributed by atoms with E-state index in [1.54, 1.807) is 12.3 Å². The number of pyridine rings is 1. The third-order valence-corrected chi connectivity index (χ3v) is 2.88. The number of hydrogen-bond acceptors (Lipinski definition) is 5. The highest BCUT2D eigenvalue weighted by atomic mass is 79.9. The van der Waals surface area contributed by atoms with E-state index in [1.807, 2.05) is 6.07 Å². The third-order valence-electron chi connectivity index (χ3n) is 1.59. The molecular formula is C9H5BrN2O3S. The second-order valence-electron chi connectivity index (χ2n) is 2.72. The van der Waals surface area contributed by atoms with Gasteiger partial charge in [0.15, 0.2) is 5.69 Å². The summed E-state index contributed by atoms with van der Waals surface area (Å²) in [6, 6.07) is 3.61. The lowest BCUT2D eigenvalue weighted by molar-refractivity contribution is 0.0690. The van der Waals surface area contributed by atoms with E-state index in [0.29, 0.717) is 5.03 Å². The highest BCUT2D eigenvalue weighted by Gasteiger charge is 2.11. The van der Waals surface area contributed by atoms with Crippen LogP contribution >= 0.6 is 27.7 Å². The Labute approximate surface area is 103 Å². The molecule has 2 heterocycles. The quantitative estimate of drug-likeness (QED) is 0.939. The number of hydrogen-bond donors (Lipinski definition) is 1. The topological polar surface area (TPSA) is 76.2 Å². The number of oxazole rings is 1. The average Bonchev–Trinajstić information content (AvgIpc) is 2.70. The number of rotatable bonds is 3.